The Bertz CT molecular complexity index is 1040. The van der Waals surface area contributed by atoms with Crippen LogP contribution in [0.2, 0.25) is 0 Å². The van der Waals surface area contributed by atoms with Crippen LogP contribution in [-0.4, -0.2) is 52.9 Å². The topological polar surface area (TPSA) is 101 Å². The standard InChI is InChI=1S/C25H32F3N3O5S/c1-14-18(13-35-24(34)31(2)16-7-3-4-8-16)21(37-30-14)19-10-11-20(22(29-19)25(26,27)28)36-17-9-5-6-15(12-17)23(32)33/h10-11,15-17,21,30H,3-9,12-13H2,1-2H3,(H,32,33)/t15-,17-,21?/m0/s1. The van der Waals surface area contributed by atoms with Crippen LogP contribution >= 0.6 is 11.9 Å². The Hall–Kier alpha value is -2.63. The Kier molecular flexibility index (Phi) is 8.45. The molecule has 2 saturated carbocycles. The summed E-state index contributed by atoms with van der Waals surface area (Å²) in [6, 6.07) is 2.88. The number of hydrogen-bond acceptors (Lipinski definition) is 7. The summed E-state index contributed by atoms with van der Waals surface area (Å²) in [5, 5.41) is 8.70. The SMILES string of the molecule is CC1=C(COC(=O)N(C)C2CCCC2)C(c2ccc(O[C@H]3CCC[C@H](C(=O)O)C3)c(C(F)(F)F)n2)SN1. The van der Waals surface area contributed by atoms with E-state index in [-0.39, 0.29) is 24.8 Å². The molecule has 1 aromatic rings. The third kappa shape index (κ3) is 6.45. The van der Waals surface area contributed by atoms with Crippen LogP contribution in [0.4, 0.5) is 18.0 Å². The summed E-state index contributed by atoms with van der Waals surface area (Å²) in [5.41, 5.74) is 0.370. The van der Waals surface area contributed by atoms with Crippen LogP contribution in [0.1, 0.15) is 74.9 Å². The largest absolute Gasteiger partial charge is 0.488 e. The van der Waals surface area contributed by atoms with Crippen molar-refractivity contribution >= 4 is 24.0 Å². The molecule has 3 atom stereocenters. The first-order valence-electron chi connectivity index (χ1n) is 12.5. The number of carbonyl (C=O) groups excluding carboxylic acids is 1. The Morgan fingerprint density at radius 1 is 1.19 bits per heavy atom. The number of hydrogen-bond donors (Lipinski definition) is 2. The lowest BCUT2D eigenvalue weighted by Crippen LogP contribution is -2.36. The number of alkyl halides is 3. The third-order valence-corrected chi connectivity index (χ3v) is 8.51. The van der Waals surface area contributed by atoms with Gasteiger partial charge in [0.2, 0.25) is 0 Å². The van der Waals surface area contributed by atoms with Gasteiger partial charge in [-0.1, -0.05) is 12.8 Å². The van der Waals surface area contributed by atoms with Gasteiger partial charge in [0, 0.05) is 24.4 Å². The lowest BCUT2D eigenvalue weighted by Gasteiger charge is -2.28. The number of nitrogens with zero attached hydrogens (tertiary/aromatic N) is 2. The second kappa shape index (κ2) is 11.4. The molecule has 2 aliphatic carbocycles. The molecule has 2 N–H and O–H groups in total. The van der Waals surface area contributed by atoms with Gasteiger partial charge in [-0.3, -0.25) is 4.79 Å². The summed E-state index contributed by atoms with van der Waals surface area (Å²) < 4.78 is 56.2. The van der Waals surface area contributed by atoms with Crippen molar-refractivity contribution in [1.29, 1.82) is 0 Å². The van der Waals surface area contributed by atoms with Crippen LogP contribution in [0.25, 0.3) is 0 Å². The zero-order chi connectivity index (χ0) is 26.7. The van der Waals surface area contributed by atoms with Crippen molar-refractivity contribution < 1.29 is 37.3 Å². The van der Waals surface area contributed by atoms with Crippen molar-refractivity contribution in [3.63, 3.8) is 0 Å². The first-order valence-corrected chi connectivity index (χ1v) is 13.4. The van der Waals surface area contributed by atoms with Crippen molar-refractivity contribution in [3.05, 3.63) is 34.8 Å². The lowest BCUT2D eigenvalue weighted by molar-refractivity contribution is -0.146. The summed E-state index contributed by atoms with van der Waals surface area (Å²) in [6.45, 7) is 1.72. The molecular weight excluding hydrogens is 511 g/mol. The molecule has 0 saturated heterocycles. The smallest absolute Gasteiger partial charge is 0.437 e. The highest BCUT2D eigenvalue weighted by atomic mass is 32.2. The Balaban J connectivity index is 1.49. The van der Waals surface area contributed by atoms with E-state index in [2.05, 4.69) is 9.71 Å². The van der Waals surface area contributed by atoms with Crippen LogP contribution in [0, 0.1) is 5.92 Å². The molecule has 204 valence electrons. The molecule has 0 aromatic carbocycles. The van der Waals surface area contributed by atoms with Crippen LogP contribution in [0.5, 0.6) is 5.75 Å². The van der Waals surface area contributed by atoms with E-state index in [0.29, 0.717) is 30.5 Å². The Labute approximate surface area is 218 Å². The number of nitrogens with one attached hydrogen (secondary N) is 1. The number of halogens is 3. The van der Waals surface area contributed by atoms with E-state index in [0.717, 1.165) is 25.7 Å². The molecule has 0 bridgehead atoms. The second-order valence-corrected chi connectivity index (χ2v) is 10.8. The van der Waals surface area contributed by atoms with Gasteiger partial charge in [-0.05, 0) is 69.5 Å². The number of allylic oxidation sites excluding steroid dienone is 1. The van der Waals surface area contributed by atoms with Gasteiger partial charge in [0.15, 0.2) is 11.4 Å². The molecule has 1 amide bonds. The number of carbonyl (C=O) groups is 2. The van der Waals surface area contributed by atoms with Gasteiger partial charge in [-0.15, -0.1) is 0 Å². The molecule has 4 rings (SSSR count). The first-order chi connectivity index (χ1) is 17.5. The van der Waals surface area contributed by atoms with Crippen LogP contribution < -0.4 is 9.46 Å². The van der Waals surface area contributed by atoms with Crippen molar-refractivity contribution in [2.45, 2.75) is 81.9 Å². The molecule has 1 aromatic heterocycles. The van der Waals surface area contributed by atoms with Gasteiger partial charge in [-0.25, -0.2) is 9.78 Å². The molecule has 2 heterocycles. The average Bonchev–Trinajstić information content (AvgIpc) is 3.52. The highest BCUT2D eigenvalue weighted by Gasteiger charge is 2.40. The zero-order valence-corrected chi connectivity index (χ0v) is 21.7. The summed E-state index contributed by atoms with van der Waals surface area (Å²) in [4.78, 5) is 29.4. The number of carboxylic acids is 1. The maximum absolute atomic E-state index is 14.0. The number of aromatic nitrogens is 1. The molecule has 0 spiro atoms. The summed E-state index contributed by atoms with van der Waals surface area (Å²) in [5.74, 6) is -2.00. The second-order valence-electron chi connectivity index (χ2n) is 9.88. The van der Waals surface area contributed by atoms with Gasteiger partial charge in [0.05, 0.1) is 23.0 Å². The molecule has 2 fully saturated rings. The van der Waals surface area contributed by atoms with Crippen molar-refractivity contribution in [3.8, 4) is 5.75 Å². The molecular formula is C25H32F3N3O5S. The number of aliphatic carboxylic acids is 1. The number of amides is 1. The van der Waals surface area contributed by atoms with E-state index in [4.69, 9.17) is 9.47 Å². The van der Waals surface area contributed by atoms with Crippen molar-refractivity contribution in [1.82, 2.24) is 14.6 Å². The molecule has 0 radical (unpaired) electrons. The van der Waals surface area contributed by atoms with Gasteiger partial charge in [0.1, 0.15) is 6.61 Å². The molecule has 3 aliphatic rings. The van der Waals surface area contributed by atoms with Gasteiger partial charge < -0.3 is 24.2 Å². The predicted molar refractivity (Wildman–Crippen MR) is 131 cm³/mol. The molecule has 1 unspecified atom stereocenters. The van der Waals surface area contributed by atoms with Crippen molar-refractivity contribution in [2.24, 2.45) is 5.92 Å². The minimum Gasteiger partial charge on any atom is -0.488 e. The molecule has 12 heteroatoms. The zero-order valence-electron chi connectivity index (χ0n) is 20.8. The Morgan fingerprint density at radius 3 is 2.59 bits per heavy atom. The van der Waals surface area contributed by atoms with E-state index in [9.17, 15) is 27.9 Å². The fraction of sp³-hybridized carbons (Fsp3) is 0.640. The summed E-state index contributed by atoms with van der Waals surface area (Å²) in [6.07, 6.45) is -0.136. The van der Waals surface area contributed by atoms with Gasteiger partial charge >= 0.3 is 18.2 Å². The average molecular weight is 544 g/mol. The minimum atomic E-state index is -4.77. The van der Waals surface area contributed by atoms with Crippen molar-refractivity contribution in [2.75, 3.05) is 13.7 Å². The fourth-order valence-electron chi connectivity index (χ4n) is 5.15. The fourth-order valence-corrected chi connectivity index (χ4v) is 6.21. The number of rotatable bonds is 7. The lowest BCUT2D eigenvalue weighted by atomic mass is 9.87. The first kappa shape index (κ1) is 27.4. The molecule has 8 nitrogen and oxygen atoms in total. The summed E-state index contributed by atoms with van der Waals surface area (Å²) in [7, 11) is 1.71. The minimum absolute atomic E-state index is 0.0632. The number of ether oxygens (including phenoxy) is 2. The highest BCUT2D eigenvalue weighted by Crippen LogP contribution is 2.43. The third-order valence-electron chi connectivity index (χ3n) is 7.33. The Morgan fingerprint density at radius 2 is 1.92 bits per heavy atom. The number of carboxylic acid groups (broad SMARTS) is 1. The van der Waals surface area contributed by atoms with Gasteiger partial charge in [-0.2, -0.15) is 13.2 Å². The molecule has 37 heavy (non-hydrogen) atoms. The maximum atomic E-state index is 14.0. The van der Waals surface area contributed by atoms with E-state index >= 15 is 0 Å². The van der Waals surface area contributed by atoms with E-state index < -0.39 is 47.0 Å². The van der Waals surface area contributed by atoms with Crippen LogP contribution in [0.15, 0.2) is 23.4 Å². The van der Waals surface area contributed by atoms with Gasteiger partial charge in [0.25, 0.3) is 0 Å². The highest BCUT2D eigenvalue weighted by molar-refractivity contribution is 7.98. The predicted octanol–water partition coefficient (Wildman–Crippen LogP) is 5.70. The maximum Gasteiger partial charge on any atom is 0.437 e. The summed E-state index contributed by atoms with van der Waals surface area (Å²) >= 11 is 1.20. The van der Waals surface area contributed by atoms with E-state index in [1.807, 2.05) is 0 Å². The monoisotopic (exact) mass is 543 g/mol. The quantitative estimate of drug-likeness (QED) is 0.423. The van der Waals surface area contributed by atoms with Crippen LogP contribution in [0.3, 0.4) is 0 Å². The number of pyridine rings is 1. The van der Waals surface area contributed by atoms with Crippen LogP contribution in [-0.2, 0) is 15.7 Å². The van der Waals surface area contributed by atoms with E-state index in [1.54, 1.807) is 18.9 Å². The normalized spacial score (nSPS) is 24.6. The molecule has 1 aliphatic heterocycles. The van der Waals surface area contributed by atoms with E-state index in [1.165, 1.54) is 24.1 Å².